The number of carbonyl (C=O) groups is 2. The number of furan rings is 1. The van der Waals surface area contributed by atoms with E-state index >= 15 is 0 Å². The molecule has 0 radical (unpaired) electrons. The highest BCUT2D eigenvalue weighted by Gasteiger charge is 2.14. The number of carbonyl (C=O) groups excluding carboxylic acids is 2. The van der Waals surface area contributed by atoms with E-state index < -0.39 is 5.91 Å². The predicted octanol–water partition coefficient (Wildman–Crippen LogP) is 6.81. The first kappa shape index (κ1) is 25.2. The Hall–Kier alpha value is -2.95. The first-order valence-corrected chi connectivity index (χ1v) is 12.7. The van der Waals surface area contributed by atoms with Crippen molar-refractivity contribution in [2.75, 3.05) is 11.9 Å². The van der Waals surface area contributed by atoms with Crippen molar-refractivity contribution in [1.82, 2.24) is 5.43 Å². The molecule has 4 aromatic rings. The van der Waals surface area contributed by atoms with Crippen LogP contribution in [0.1, 0.15) is 21.7 Å². The maximum Gasteiger partial charge on any atom is 0.307 e. The third kappa shape index (κ3) is 6.59. The first-order chi connectivity index (χ1) is 16.8. The molecular weight excluding hydrogens is 646 g/mol. The highest BCUT2D eigenvalue weighted by Crippen LogP contribution is 2.31. The molecule has 0 saturated heterocycles. The number of amides is 2. The lowest BCUT2D eigenvalue weighted by Gasteiger charge is -2.09. The molecule has 0 fully saturated rings. The van der Waals surface area contributed by atoms with Gasteiger partial charge in [-0.2, -0.15) is 5.10 Å². The number of hydrazone groups is 1. The zero-order valence-corrected chi connectivity index (χ0v) is 23.0. The Morgan fingerprint density at radius 2 is 1.77 bits per heavy atom. The Morgan fingerprint density at radius 1 is 1.00 bits per heavy atom. The normalized spacial score (nSPS) is 11.1. The van der Waals surface area contributed by atoms with Gasteiger partial charge in [0, 0.05) is 15.5 Å². The maximum absolute atomic E-state index is 12.4. The van der Waals surface area contributed by atoms with Crippen molar-refractivity contribution in [3.05, 3.63) is 91.0 Å². The van der Waals surface area contributed by atoms with Crippen molar-refractivity contribution in [2.45, 2.75) is 6.92 Å². The zero-order valence-electron chi connectivity index (χ0n) is 18.3. The van der Waals surface area contributed by atoms with Crippen molar-refractivity contribution in [3.63, 3.8) is 0 Å². The van der Waals surface area contributed by atoms with Gasteiger partial charge in [0.25, 0.3) is 5.91 Å². The maximum atomic E-state index is 12.4. The summed E-state index contributed by atoms with van der Waals surface area (Å²) in [5, 5.41) is 7.56. The van der Waals surface area contributed by atoms with Crippen LogP contribution in [0.3, 0.4) is 0 Å². The van der Waals surface area contributed by atoms with Gasteiger partial charge in [0.15, 0.2) is 12.4 Å². The molecule has 10 heteroatoms. The number of rotatable bonds is 7. The Morgan fingerprint density at radius 3 is 2.51 bits per heavy atom. The van der Waals surface area contributed by atoms with Crippen molar-refractivity contribution >= 4 is 82.5 Å². The SMILES string of the molecule is Cc1ccc(NC(=O)COc2ccc(/C=N\NC(=O)c3cc4cc(Br)cc(Br)c4o3)cc2Br)cc1. The summed E-state index contributed by atoms with van der Waals surface area (Å²) in [6.07, 6.45) is 1.49. The van der Waals surface area contributed by atoms with Gasteiger partial charge in [-0.25, -0.2) is 5.43 Å². The Labute approximate surface area is 226 Å². The molecule has 0 atom stereocenters. The summed E-state index contributed by atoms with van der Waals surface area (Å²) < 4.78 is 13.5. The first-order valence-electron chi connectivity index (χ1n) is 10.3. The number of anilines is 1. The van der Waals surface area contributed by atoms with Crippen molar-refractivity contribution in [2.24, 2.45) is 5.10 Å². The molecule has 0 aliphatic carbocycles. The molecule has 35 heavy (non-hydrogen) atoms. The molecule has 3 aromatic carbocycles. The van der Waals surface area contributed by atoms with Gasteiger partial charge in [-0.3, -0.25) is 9.59 Å². The molecule has 0 aliphatic heterocycles. The minimum atomic E-state index is -0.473. The summed E-state index contributed by atoms with van der Waals surface area (Å²) in [7, 11) is 0. The largest absolute Gasteiger partial charge is 0.483 e. The second-order valence-electron chi connectivity index (χ2n) is 7.51. The van der Waals surface area contributed by atoms with Crippen molar-refractivity contribution in [3.8, 4) is 5.75 Å². The molecule has 1 heterocycles. The minimum absolute atomic E-state index is 0.139. The van der Waals surface area contributed by atoms with Crippen LogP contribution in [0.15, 0.2) is 83.6 Å². The number of ether oxygens (including phenoxy) is 1. The molecule has 178 valence electrons. The summed E-state index contributed by atoms with van der Waals surface area (Å²) in [5.41, 5.74) is 5.57. The monoisotopic (exact) mass is 661 g/mol. The molecule has 0 aliphatic rings. The molecule has 2 amide bonds. The quantitative estimate of drug-likeness (QED) is 0.168. The molecular formula is C25H18Br3N3O4. The van der Waals surface area contributed by atoms with Gasteiger partial charge in [0.1, 0.15) is 11.3 Å². The molecule has 2 N–H and O–H groups in total. The summed E-state index contributed by atoms with van der Waals surface area (Å²) in [5.74, 6) is -0.0905. The van der Waals surface area contributed by atoms with E-state index in [4.69, 9.17) is 9.15 Å². The van der Waals surface area contributed by atoms with E-state index in [1.165, 1.54) is 6.21 Å². The lowest BCUT2D eigenvalue weighted by molar-refractivity contribution is -0.118. The van der Waals surface area contributed by atoms with E-state index in [1.54, 1.807) is 24.3 Å². The van der Waals surface area contributed by atoms with E-state index in [2.05, 4.69) is 63.6 Å². The minimum Gasteiger partial charge on any atom is -0.483 e. The van der Waals surface area contributed by atoms with Gasteiger partial charge < -0.3 is 14.5 Å². The standard InChI is InChI=1S/C25H18Br3N3O4/c1-14-2-5-18(6-3-14)30-23(32)13-34-21-7-4-15(8-19(21)27)12-29-31-25(33)22-10-16-9-17(26)11-20(28)24(16)35-22/h2-12H,13H2,1H3,(H,30,32)(H,31,33)/b29-12-. The number of nitrogens with zero attached hydrogens (tertiary/aromatic N) is 1. The van der Waals surface area contributed by atoms with E-state index in [-0.39, 0.29) is 18.3 Å². The summed E-state index contributed by atoms with van der Waals surface area (Å²) >= 11 is 10.3. The lowest BCUT2D eigenvalue weighted by atomic mass is 10.2. The molecule has 0 saturated carbocycles. The van der Waals surface area contributed by atoms with Crippen LogP contribution in [-0.4, -0.2) is 24.6 Å². The van der Waals surface area contributed by atoms with Crippen LogP contribution in [0.5, 0.6) is 5.75 Å². The molecule has 0 unspecified atom stereocenters. The van der Waals surface area contributed by atoms with Gasteiger partial charge in [-0.05, 0) is 92.9 Å². The fourth-order valence-corrected chi connectivity index (χ4v) is 4.95. The number of halogens is 3. The van der Waals surface area contributed by atoms with Crippen molar-refractivity contribution < 1.29 is 18.7 Å². The third-order valence-corrected chi connectivity index (χ3v) is 6.46. The number of fused-ring (bicyclic) bond motifs is 1. The van der Waals surface area contributed by atoms with Crippen LogP contribution in [0.25, 0.3) is 11.0 Å². The van der Waals surface area contributed by atoms with E-state index in [1.807, 2.05) is 43.3 Å². The average Bonchev–Trinajstić information content (AvgIpc) is 3.25. The second kappa shape index (κ2) is 11.2. The van der Waals surface area contributed by atoms with Gasteiger partial charge >= 0.3 is 5.91 Å². The third-order valence-electron chi connectivity index (χ3n) is 4.79. The fraction of sp³-hybridized carbons (Fsp3) is 0.0800. The Kier molecular flexibility index (Phi) is 8.04. The van der Waals surface area contributed by atoms with E-state index in [0.717, 1.165) is 19.9 Å². The number of aryl methyl sites for hydroxylation is 1. The topological polar surface area (TPSA) is 92.9 Å². The van der Waals surface area contributed by atoms with Crippen LogP contribution in [0, 0.1) is 6.92 Å². The Balaban J connectivity index is 1.32. The van der Waals surface area contributed by atoms with Crippen LogP contribution in [-0.2, 0) is 4.79 Å². The zero-order chi connectivity index (χ0) is 24.9. The highest BCUT2D eigenvalue weighted by molar-refractivity contribution is 9.11. The number of nitrogens with one attached hydrogen (secondary N) is 2. The molecule has 1 aromatic heterocycles. The van der Waals surface area contributed by atoms with E-state index in [0.29, 0.717) is 27.1 Å². The summed E-state index contributed by atoms with van der Waals surface area (Å²) in [6.45, 7) is 1.84. The van der Waals surface area contributed by atoms with E-state index in [9.17, 15) is 9.59 Å². The van der Waals surface area contributed by atoms with Crippen LogP contribution >= 0.6 is 47.8 Å². The van der Waals surface area contributed by atoms with Crippen LogP contribution < -0.4 is 15.5 Å². The second-order valence-corrected chi connectivity index (χ2v) is 10.1. The molecule has 4 rings (SSSR count). The number of benzene rings is 3. The summed E-state index contributed by atoms with van der Waals surface area (Å²) in [6, 6.07) is 18.1. The number of hydrogen-bond donors (Lipinski definition) is 2. The highest BCUT2D eigenvalue weighted by atomic mass is 79.9. The van der Waals surface area contributed by atoms with Gasteiger partial charge in [0.05, 0.1) is 15.2 Å². The Bertz CT molecular complexity index is 1430. The van der Waals surface area contributed by atoms with Crippen LogP contribution in [0.4, 0.5) is 5.69 Å². The van der Waals surface area contributed by atoms with Gasteiger partial charge in [-0.1, -0.05) is 33.6 Å². The average molecular weight is 664 g/mol. The van der Waals surface area contributed by atoms with Gasteiger partial charge in [-0.15, -0.1) is 0 Å². The van der Waals surface area contributed by atoms with Crippen LogP contribution in [0.2, 0.25) is 0 Å². The number of hydrogen-bond acceptors (Lipinski definition) is 5. The van der Waals surface area contributed by atoms with Crippen molar-refractivity contribution in [1.29, 1.82) is 0 Å². The van der Waals surface area contributed by atoms with Gasteiger partial charge in [0.2, 0.25) is 0 Å². The molecule has 0 bridgehead atoms. The molecule has 0 spiro atoms. The fourth-order valence-electron chi connectivity index (χ4n) is 3.10. The lowest BCUT2D eigenvalue weighted by Crippen LogP contribution is -2.20. The molecule has 7 nitrogen and oxygen atoms in total. The predicted molar refractivity (Wildman–Crippen MR) is 146 cm³/mol. The summed E-state index contributed by atoms with van der Waals surface area (Å²) in [4.78, 5) is 24.5. The smallest absolute Gasteiger partial charge is 0.307 e.